The normalized spacial score (nSPS) is 16.5. The van der Waals surface area contributed by atoms with Crippen molar-refractivity contribution in [3.05, 3.63) is 84.3 Å². The Kier molecular flexibility index (Phi) is 6.70. The largest absolute Gasteiger partial charge is 0.345 e. The van der Waals surface area contributed by atoms with Crippen molar-refractivity contribution in [3.8, 4) is 22.4 Å². The molecule has 2 fully saturated rings. The topological polar surface area (TPSA) is 91.3 Å². The van der Waals surface area contributed by atoms with Gasteiger partial charge in [0.15, 0.2) is 0 Å². The molecule has 2 aliphatic heterocycles. The summed E-state index contributed by atoms with van der Waals surface area (Å²) in [6.45, 7) is 1.87. The summed E-state index contributed by atoms with van der Waals surface area (Å²) in [6, 6.07) is 20.1. The minimum absolute atomic E-state index is 0.107. The SMILES string of the molecule is O=CN1CCC2(CC1)CCN(c1cncc(Nc3ncc(Cl)c(-c4cccc(-c5ccccc5)c4)n3)c1)C2=O. The number of hydrogen-bond donors (Lipinski definition) is 1. The van der Waals surface area contributed by atoms with Gasteiger partial charge in [0, 0.05) is 25.2 Å². The molecule has 39 heavy (non-hydrogen) atoms. The van der Waals surface area contributed by atoms with Crippen LogP contribution in [-0.2, 0) is 9.59 Å². The smallest absolute Gasteiger partial charge is 0.233 e. The van der Waals surface area contributed by atoms with Crippen LogP contribution in [0.1, 0.15) is 19.3 Å². The number of carbonyl (C=O) groups is 2. The van der Waals surface area contributed by atoms with E-state index in [1.165, 1.54) is 0 Å². The van der Waals surface area contributed by atoms with Crippen LogP contribution >= 0.6 is 11.6 Å². The van der Waals surface area contributed by atoms with E-state index in [0.29, 0.717) is 54.8 Å². The highest BCUT2D eigenvalue weighted by atomic mass is 35.5. The fourth-order valence-electron chi connectivity index (χ4n) is 5.47. The second-order valence-electron chi connectivity index (χ2n) is 10.0. The van der Waals surface area contributed by atoms with E-state index < -0.39 is 5.41 Å². The molecule has 2 aromatic heterocycles. The summed E-state index contributed by atoms with van der Waals surface area (Å²) in [6.07, 6.45) is 7.99. The zero-order chi connectivity index (χ0) is 26.8. The maximum Gasteiger partial charge on any atom is 0.233 e. The summed E-state index contributed by atoms with van der Waals surface area (Å²) in [5.74, 6) is 0.485. The predicted octanol–water partition coefficient (Wildman–Crippen LogP) is 5.58. The fraction of sp³-hybridized carbons (Fsp3) is 0.233. The molecule has 8 nitrogen and oxygen atoms in total. The van der Waals surface area contributed by atoms with Crippen molar-refractivity contribution in [2.24, 2.45) is 5.41 Å². The molecule has 4 heterocycles. The number of nitrogens with one attached hydrogen (secondary N) is 1. The number of amides is 2. The lowest BCUT2D eigenvalue weighted by Gasteiger charge is -2.36. The third kappa shape index (κ3) is 4.95. The second kappa shape index (κ2) is 10.5. The summed E-state index contributed by atoms with van der Waals surface area (Å²) in [7, 11) is 0. The first-order chi connectivity index (χ1) is 19.0. The van der Waals surface area contributed by atoms with Gasteiger partial charge in [-0.05, 0) is 42.5 Å². The van der Waals surface area contributed by atoms with Crippen LogP contribution in [0.25, 0.3) is 22.4 Å². The summed E-state index contributed by atoms with van der Waals surface area (Å²) in [5, 5.41) is 3.67. The van der Waals surface area contributed by atoms with Gasteiger partial charge in [-0.3, -0.25) is 14.6 Å². The Bertz CT molecular complexity index is 1520. The molecule has 1 N–H and O–H groups in total. The molecule has 9 heteroatoms. The first-order valence-electron chi connectivity index (χ1n) is 13.0. The van der Waals surface area contributed by atoms with E-state index in [1.807, 2.05) is 36.4 Å². The van der Waals surface area contributed by atoms with Gasteiger partial charge in [0.05, 0.1) is 46.1 Å². The highest BCUT2D eigenvalue weighted by Gasteiger charge is 2.48. The molecule has 0 unspecified atom stereocenters. The predicted molar refractivity (Wildman–Crippen MR) is 152 cm³/mol. The molecule has 2 aromatic carbocycles. The standard InChI is InChI=1S/C30H27ClN6O2/c31-26-19-33-29(35-27(26)23-8-4-7-22(15-23)21-5-2-1-3-6-21)34-24-16-25(18-32-17-24)37-14-11-30(28(37)39)9-12-36(20-38)13-10-30/h1-8,15-20H,9-14H2,(H,33,34,35). The maximum absolute atomic E-state index is 13.4. The van der Waals surface area contributed by atoms with E-state index in [-0.39, 0.29) is 5.91 Å². The molecule has 6 rings (SSSR count). The number of aromatic nitrogens is 3. The Balaban J connectivity index is 1.22. The first kappa shape index (κ1) is 25.0. The van der Waals surface area contributed by atoms with E-state index in [2.05, 4.69) is 39.6 Å². The van der Waals surface area contributed by atoms with Crippen molar-refractivity contribution in [1.82, 2.24) is 19.9 Å². The maximum atomic E-state index is 13.4. The van der Waals surface area contributed by atoms with Crippen LogP contribution in [0.5, 0.6) is 0 Å². The number of pyridine rings is 1. The quantitative estimate of drug-likeness (QED) is 0.322. The van der Waals surface area contributed by atoms with Crippen LogP contribution < -0.4 is 10.2 Å². The summed E-state index contributed by atoms with van der Waals surface area (Å²) in [4.78, 5) is 41.5. The molecule has 0 atom stereocenters. The number of hydrogen-bond acceptors (Lipinski definition) is 6. The van der Waals surface area contributed by atoms with Gasteiger partial charge in [0.1, 0.15) is 0 Å². The van der Waals surface area contributed by atoms with E-state index >= 15 is 0 Å². The first-order valence-corrected chi connectivity index (χ1v) is 13.3. The minimum Gasteiger partial charge on any atom is -0.345 e. The van der Waals surface area contributed by atoms with Crippen molar-refractivity contribution in [3.63, 3.8) is 0 Å². The molecule has 2 saturated heterocycles. The number of anilines is 3. The lowest BCUT2D eigenvalue weighted by atomic mass is 9.77. The molecule has 196 valence electrons. The van der Waals surface area contributed by atoms with Crippen LogP contribution in [0, 0.1) is 5.41 Å². The summed E-state index contributed by atoms with van der Waals surface area (Å²) < 4.78 is 0. The van der Waals surface area contributed by atoms with Crippen LogP contribution in [-0.4, -0.2) is 51.8 Å². The van der Waals surface area contributed by atoms with Crippen LogP contribution in [0.4, 0.5) is 17.3 Å². The molecule has 0 saturated carbocycles. The number of carbonyl (C=O) groups excluding carboxylic acids is 2. The second-order valence-corrected chi connectivity index (χ2v) is 10.4. The molecule has 0 aliphatic carbocycles. The average molecular weight is 539 g/mol. The highest BCUT2D eigenvalue weighted by molar-refractivity contribution is 6.33. The van der Waals surface area contributed by atoms with Gasteiger partial charge in [-0.15, -0.1) is 0 Å². The van der Waals surface area contributed by atoms with Crippen molar-refractivity contribution in [2.45, 2.75) is 19.3 Å². The summed E-state index contributed by atoms with van der Waals surface area (Å²) in [5.41, 5.74) is 4.68. The lowest BCUT2D eigenvalue weighted by Crippen LogP contribution is -2.44. The monoisotopic (exact) mass is 538 g/mol. The number of halogens is 1. The number of benzene rings is 2. The third-order valence-corrected chi connectivity index (χ3v) is 7.97. The Morgan fingerprint density at radius 3 is 2.41 bits per heavy atom. The molecular formula is C30H27ClN6O2. The minimum atomic E-state index is -0.397. The van der Waals surface area contributed by atoms with E-state index in [4.69, 9.17) is 16.6 Å². The number of piperidine rings is 1. The van der Waals surface area contributed by atoms with E-state index in [1.54, 1.807) is 28.4 Å². The Morgan fingerprint density at radius 2 is 1.62 bits per heavy atom. The summed E-state index contributed by atoms with van der Waals surface area (Å²) >= 11 is 6.52. The molecule has 0 bridgehead atoms. The fourth-order valence-corrected chi connectivity index (χ4v) is 5.67. The molecule has 2 aliphatic rings. The molecule has 1 spiro atoms. The van der Waals surface area contributed by atoms with Crippen molar-refractivity contribution in [2.75, 3.05) is 29.9 Å². The van der Waals surface area contributed by atoms with Gasteiger partial charge in [-0.25, -0.2) is 9.97 Å². The molecule has 0 radical (unpaired) electrons. The van der Waals surface area contributed by atoms with Crippen LogP contribution in [0.3, 0.4) is 0 Å². The van der Waals surface area contributed by atoms with Gasteiger partial charge in [-0.2, -0.15) is 0 Å². The zero-order valence-corrected chi connectivity index (χ0v) is 22.0. The Morgan fingerprint density at radius 1 is 0.872 bits per heavy atom. The van der Waals surface area contributed by atoms with E-state index in [0.717, 1.165) is 35.2 Å². The highest BCUT2D eigenvalue weighted by Crippen LogP contribution is 2.43. The Labute approximate surface area is 231 Å². The van der Waals surface area contributed by atoms with Crippen molar-refractivity contribution in [1.29, 1.82) is 0 Å². The molecular weight excluding hydrogens is 512 g/mol. The van der Waals surface area contributed by atoms with Crippen LogP contribution in [0.2, 0.25) is 5.02 Å². The number of nitrogens with zero attached hydrogens (tertiary/aromatic N) is 5. The third-order valence-electron chi connectivity index (χ3n) is 7.70. The van der Waals surface area contributed by atoms with Gasteiger partial charge in [0.2, 0.25) is 18.3 Å². The van der Waals surface area contributed by atoms with Gasteiger partial charge >= 0.3 is 0 Å². The van der Waals surface area contributed by atoms with Crippen LogP contribution in [0.15, 0.2) is 79.3 Å². The van der Waals surface area contributed by atoms with Crippen molar-refractivity contribution < 1.29 is 9.59 Å². The van der Waals surface area contributed by atoms with Gasteiger partial charge in [0.25, 0.3) is 0 Å². The van der Waals surface area contributed by atoms with Gasteiger partial charge < -0.3 is 15.1 Å². The average Bonchev–Trinajstić information content (AvgIpc) is 3.30. The van der Waals surface area contributed by atoms with E-state index in [9.17, 15) is 9.59 Å². The molecule has 2 amide bonds. The number of likely N-dealkylation sites (tertiary alicyclic amines) is 1. The molecule has 4 aromatic rings. The Hall–Kier alpha value is -4.30. The van der Waals surface area contributed by atoms with Crippen molar-refractivity contribution >= 4 is 41.2 Å². The zero-order valence-electron chi connectivity index (χ0n) is 21.3. The lowest BCUT2D eigenvalue weighted by molar-refractivity contribution is -0.131. The number of rotatable bonds is 6. The van der Waals surface area contributed by atoms with Gasteiger partial charge in [-0.1, -0.05) is 60.1 Å².